The average molecular weight is 432 g/mol. The molecule has 2 saturated carbocycles. The molecule has 0 aromatic carbocycles. The van der Waals surface area contributed by atoms with Crippen molar-refractivity contribution in [2.75, 3.05) is 6.54 Å². The maximum Gasteiger partial charge on any atom is 0.239 e. The number of nitrogens with zero attached hydrogens (tertiary/aromatic N) is 1. The van der Waals surface area contributed by atoms with Gasteiger partial charge >= 0.3 is 0 Å². The molecule has 1 heterocycles. The average Bonchev–Trinajstić information content (AvgIpc) is 2.88. The second-order valence-corrected chi connectivity index (χ2v) is 8.97. The van der Waals surface area contributed by atoms with Gasteiger partial charge in [-0.3, -0.25) is 9.59 Å². The van der Waals surface area contributed by atoms with E-state index in [2.05, 4.69) is 31.3 Å². The first-order valence-corrected chi connectivity index (χ1v) is 10.3. The molecule has 1 amide bonds. The van der Waals surface area contributed by atoms with Gasteiger partial charge in [-0.05, 0) is 50.4 Å². The standard InChI is InChI=1S/C18H29IN2O2/c1-12(22)16(13-7-3-2-4-8-13)20-18(23)17-15-10-6-5-9-14(15)11-21(17)19/h13-17H,2-11H2,1H3,(H,20,23)/t14?,15?,16-,17+/m1/s1. The van der Waals surface area contributed by atoms with Crippen LogP contribution >= 0.6 is 22.9 Å². The minimum absolute atomic E-state index is 0.0358. The lowest BCUT2D eigenvalue weighted by molar-refractivity contribution is -0.131. The quantitative estimate of drug-likeness (QED) is 0.547. The topological polar surface area (TPSA) is 49.4 Å². The van der Waals surface area contributed by atoms with E-state index in [-0.39, 0.29) is 23.8 Å². The van der Waals surface area contributed by atoms with Crippen LogP contribution in [-0.2, 0) is 9.59 Å². The fourth-order valence-electron chi connectivity index (χ4n) is 5.00. The third kappa shape index (κ3) is 3.91. The Kier molecular flexibility index (Phi) is 5.99. The van der Waals surface area contributed by atoms with Crippen molar-refractivity contribution in [3.63, 3.8) is 0 Å². The van der Waals surface area contributed by atoms with E-state index >= 15 is 0 Å². The Bertz CT molecular complexity index is 450. The molecule has 0 spiro atoms. The highest BCUT2D eigenvalue weighted by atomic mass is 127. The lowest BCUT2D eigenvalue weighted by Gasteiger charge is -2.32. The maximum atomic E-state index is 13.0. The zero-order valence-corrected chi connectivity index (χ0v) is 16.3. The summed E-state index contributed by atoms with van der Waals surface area (Å²) < 4.78 is 2.20. The highest BCUT2D eigenvalue weighted by molar-refractivity contribution is 14.1. The van der Waals surface area contributed by atoms with Crippen LogP contribution in [0.5, 0.6) is 0 Å². The van der Waals surface area contributed by atoms with Crippen molar-refractivity contribution >= 4 is 34.6 Å². The van der Waals surface area contributed by atoms with Crippen LogP contribution in [0.4, 0.5) is 0 Å². The van der Waals surface area contributed by atoms with E-state index in [0.717, 1.165) is 25.8 Å². The normalized spacial score (nSPS) is 33.9. The van der Waals surface area contributed by atoms with Crippen LogP contribution in [0.15, 0.2) is 0 Å². The van der Waals surface area contributed by atoms with Crippen LogP contribution in [-0.4, -0.2) is 33.4 Å². The number of carbonyl (C=O) groups excluding carboxylic acids is 2. The van der Waals surface area contributed by atoms with Gasteiger partial charge in [0.1, 0.15) is 6.04 Å². The number of ketones is 1. The third-order valence-corrected chi connectivity index (χ3v) is 7.20. The fourth-order valence-corrected chi connectivity index (χ4v) is 6.18. The fraction of sp³-hybridized carbons (Fsp3) is 0.889. The van der Waals surface area contributed by atoms with Gasteiger partial charge in [-0.2, -0.15) is 0 Å². The van der Waals surface area contributed by atoms with Crippen LogP contribution < -0.4 is 5.32 Å². The van der Waals surface area contributed by atoms with E-state index in [0.29, 0.717) is 17.8 Å². The molecule has 0 aromatic rings. The third-order valence-electron chi connectivity index (χ3n) is 6.21. The number of rotatable bonds is 4. The Morgan fingerprint density at radius 3 is 2.39 bits per heavy atom. The Labute approximate surface area is 153 Å². The SMILES string of the molecule is CC(=O)[C@@H](NC(=O)[C@@H]1C2CCCCC2CN1I)C1CCCCC1. The van der Waals surface area contributed by atoms with Crippen molar-refractivity contribution in [3.8, 4) is 0 Å². The summed E-state index contributed by atoms with van der Waals surface area (Å²) >= 11 is 2.32. The maximum absolute atomic E-state index is 13.0. The summed E-state index contributed by atoms with van der Waals surface area (Å²) in [6.45, 7) is 2.66. The summed E-state index contributed by atoms with van der Waals surface area (Å²) in [5.41, 5.74) is 0. The number of hydrogen-bond acceptors (Lipinski definition) is 3. The molecule has 3 fully saturated rings. The molecule has 0 aromatic heterocycles. The molecular formula is C18H29IN2O2. The van der Waals surface area contributed by atoms with Crippen LogP contribution in [0, 0.1) is 17.8 Å². The Balaban J connectivity index is 1.67. The van der Waals surface area contributed by atoms with Crippen molar-refractivity contribution in [1.82, 2.24) is 8.43 Å². The lowest BCUT2D eigenvalue weighted by atomic mass is 9.78. The molecule has 1 aliphatic heterocycles. The predicted octanol–water partition coefficient (Wildman–Crippen LogP) is 3.48. The molecule has 0 radical (unpaired) electrons. The number of amides is 1. The number of nitrogens with one attached hydrogen (secondary N) is 1. The molecule has 4 nitrogen and oxygen atoms in total. The van der Waals surface area contributed by atoms with Crippen molar-refractivity contribution in [2.24, 2.45) is 17.8 Å². The van der Waals surface area contributed by atoms with Crippen molar-refractivity contribution < 1.29 is 9.59 Å². The summed E-state index contributed by atoms with van der Waals surface area (Å²) in [6, 6.07) is -0.304. The number of halogens is 1. The van der Waals surface area contributed by atoms with Gasteiger partial charge < -0.3 is 5.32 Å². The Morgan fingerprint density at radius 1 is 1.04 bits per heavy atom. The molecule has 23 heavy (non-hydrogen) atoms. The van der Waals surface area contributed by atoms with Gasteiger partial charge in [-0.15, -0.1) is 0 Å². The van der Waals surface area contributed by atoms with Crippen LogP contribution in [0.2, 0.25) is 0 Å². The number of Topliss-reactive ketones (excluding diaryl/α,β-unsaturated/α-hetero) is 1. The van der Waals surface area contributed by atoms with Gasteiger partial charge in [-0.1, -0.05) is 32.1 Å². The first-order valence-electron chi connectivity index (χ1n) is 9.31. The molecule has 3 aliphatic rings. The van der Waals surface area contributed by atoms with Crippen molar-refractivity contribution in [1.29, 1.82) is 0 Å². The first-order chi connectivity index (χ1) is 11.1. The molecule has 5 heteroatoms. The Morgan fingerprint density at radius 2 is 1.70 bits per heavy atom. The predicted molar refractivity (Wildman–Crippen MR) is 99.1 cm³/mol. The molecule has 1 N–H and O–H groups in total. The van der Waals surface area contributed by atoms with Gasteiger partial charge in [0.15, 0.2) is 5.78 Å². The van der Waals surface area contributed by atoms with E-state index in [4.69, 9.17) is 0 Å². The lowest BCUT2D eigenvalue weighted by Crippen LogP contribution is -2.52. The first kappa shape index (κ1) is 17.6. The number of hydrogen-bond donors (Lipinski definition) is 1. The van der Waals surface area contributed by atoms with Crippen molar-refractivity contribution in [2.45, 2.75) is 76.8 Å². The van der Waals surface area contributed by atoms with Gasteiger partial charge in [-0.25, -0.2) is 3.11 Å². The molecule has 1 saturated heterocycles. The van der Waals surface area contributed by atoms with Gasteiger partial charge in [0.2, 0.25) is 5.91 Å². The summed E-state index contributed by atoms with van der Waals surface area (Å²) in [7, 11) is 0. The van der Waals surface area contributed by atoms with E-state index in [1.807, 2.05) is 0 Å². The molecule has 130 valence electrons. The van der Waals surface area contributed by atoms with Crippen LogP contribution in [0.1, 0.15) is 64.7 Å². The van der Waals surface area contributed by atoms with Crippen molar-refractivity contribution in [3.05, 3.63) is 0 Å². The second kappa shape index (κ2) is 7.81. The molecule has 0 bridgehead atoms. The molecule has 3 rings (SSSR count). The smallest absolute Gasteiger partial charge is 0.239 e. The summed E-state index contributed by atoms with van der Waals surface area (Å²) in [4.78, 5) is 25.1. The Hall–Kier alpha value is -0.170. The van der Waals surface area contributed by atoms with E-state index in [1.54, 1.807) is 6.92 Å². The van der Waals surface area contributed by atoms with Gasteiger partial charge in [0, 0.05) is 29.4 Å². The van der Waals surface area contributed by atoms with Crippen LogP contribution in [0.25, 0.3) is 0 Å². The minimum Gasteiger partial charge on any atom is -0.345 e. The minimum atomic E-state index is -0.268. The highest BCUT2D eigenvalue weighted by Gasteiger charge is 2.46. The molecule has 4 atom stereocenters. The number of carbonyl (C=O) groups is 2. The molecule has 2 aliphatic carbocycles. The van der Waals surface area contributed by atoms with Crippen LogP contribution in [0.3, 0.4) is 0 Å². The summed E-state index contributed by atoms with van der Waals surface area (Å²) in [6.07, 6.45) is 10.8. The largest absolute Gasteiger partial charge is 0.345 e. The van der Waals surface area contributed by atoms with Gasteiger partial charge in [0.05, 0.1) is 6.04 Å². The monoisotopic (exact) mass is 432 g/mol. The van der Waals surface area contributed by atoms with E-state index in [1.165, 1.54) is 38.5 Å². The zero-order valence-electron chi connectivity index (χ0n) is 14.1. The summed E-state index contributed by atoms with van der Waals surface area (Å²) in [5.74, 6) is 1.72. The summed E-state index contributed by atoms with van der Waals surface area (Å²) in [5, 5.41) is 3.16. The zero-order chi connectivity index (χ0) is 16.4. The highest BCUT2D eigenvalue weighted by Crippen LogP contribution is 2.42. The molecular weight excluding hydrogens is 403 g/mol. The van der Waals surface area contributed by atoms with E-state index < -0.39 is 0 Å². The van der Waals surface area contributed by atoms with E-state index in [9.17, 15) is 9.59 Å². The van der Waals surface area contributed by atoms with Gasteiger partial charge in [0.25, 0.3) is 0 Å². The molecule has 2 unspecified atom stereocenters. The second-order valence-electron chi connectivity index (χ2n) is 7.73. The number of fused-ring (bicyclic) bond motifs is 1.